The van der Waals surface area contributed by atoms with Gasteiger partial charge in [0.2, 0.25) is 0 Å². The molecular formula is C6H10N2O2. The van der Waals surface area contributed by atoms with Crippen molar-refractivity contribution in [2.75, 3.05) is 6.54 Å². The van der Waals surface area contributed by atoms with Crippen molar-refractivity contribution in [1.82, 2.24) is 0 Å². The molecule has 10 heavy (non-hydrogen) atoms. The Kier molecular flexibility index (Phi) is 3.95. The minimum Gasteiger partial charge on any atom is -0.478 e. The van der Waals surface area contributed by atoms with Crippen LogP contribution in [0.15, 0.2) is 16.8 Å². The monoisotopic (exact) mass is 142 g/mol. The van der Waals surface area contributed by atoms with Crippen LogP contribution in [-0.4, -0.2) is 23.8 Å². The van der Waals surface area contributed by atoms with Gasteiger partial charge in [0.05, 0.1) is 5.57 Å². The van der Waals surface area contributed by atoms with E-state index in [2.05, 4.69) is 4.99 Å². The van der Waals surface area contributed by atoms with E-state index in [9.17, 15) is 4.79 Å². The van der Waals surface area contributed by atoms with Crippen LogP contribution in [0.4, 0.5) is 0 Å². The van der Waals surface area contributed by atoms with Crippen LogP contribution in [-0.2, 0) is 4.79 Å². The summed E-state index contributed by atoms with van der Waals surface area (Å²) in [4.78, 5) is 13.9. The summed E-state index contributed by atoms with van der Waals surface area (Å²) in [5, 5.41) is 8.36. The van der Waals surface area contributed by atoms with Crippen LogP contribution in [0, 0.1) is 0 Å². The zero-order valence-electron chi connectivity index (χ0n) is 5.74. The third-order valence-electron chi connectivity index (χ3n) is 0.839. The normalized spacial score (nSPS) is 12.3. The van der Waals surface area contributed by atoms with Gasteiger partial charge in [0, 0.05) is 19.0 Å². The van der Waals surface area contributed by atoms with E-state index in [0.717, 1.165) is 6.20 Å². The van der Waals surface area contributed by atoms with Gasteiger partial charge in [0.15, 0.2) is 0 Å². The van der Waals surface area contributed by atoms with Gasteiger partial charge >= 0.3 is 5.97 Å². The van der Waals surface area contributed by atoms with E-state index in [0.29, 0.717) is 6.54 Å². The predicted octanol–water partition coefficient (Wildman–Crippen LogP) is 0.00430. The van der Waals surface area contributed by atoms with E-state index in [-0.39, 0.29) is 5.57 Å². The number of nitrogens with zero attached hydrogens (tertiary/aromatic N) is 1. The zero-order valence-corrected chi connectivity index (χ0v) is 5.74. The molecule has 0 saturated carbocycles. The highest BCUT2D eigenvalue weighted by molar-refractivity contribution is 6.08. The largest absolute Gasteiger partial charge is 0.478 e. The fraction of sp³-hybridized carbons (Fsp3) is 0.333. The van der Waals surface area contributed by atoms with E-state index >= 15 is 0 Å². The first-order valence-corrected chi connectivity index (χ1v) is 2.87. The average molecular weight is 142 g/mol. The first-order valence-electron chi connectivity index (χ1n) is 2.87. The highest BCUT2D eigenvalue weighted by Crippen LogP contribution is 1.86. The highest BCUT2D eigenvalue weighted by Gasteiger charge is 2.00. The lowest BCUT2D eigenvalue weighted by Crippen LogP contribution is -2.04. The Balaban J connectivity index is 4.12. The van der Waals surface area contributed by atoms with Gasteiger partial charge in [-0.2, -0.15) is 0 Å². The molecule has 0 bridgehead atoms. The second-order valence-electron chi connectivity index (χ2n) is 1.56. The second kappa shape index (κ2) is 4.55. The zero-order chi connectivity index (χ0) is 7.98. The molecule has 0 saturated heterocycles. The van der Waals surface area contributed by atoms with Crippen molar-refractivity contribution in [1.29, 1.82) is 0 Å². The van der Waals surface area contributed by atoms with Crippen molar-refractivity contribution in [2.45, 2.75) is 6.92 Å². The van der Waals surface area contributed by atoms with Crippen LogP contribution in [0.25, 0.3) is 0 Å². The number of carboxylic acids is 1. The van der Waals surface area contributed by atoms with Crippen molar-refractivity contribution in [2.24, 2.45) is 10.7 Å². The maximum absolute atomic E-state index is 10.2. The van der Waals surface area contributed by atoms with Crippen LogP contribution < -0.4 is 5.73 Å². The molecule has 0 spiro atoms. The lowest BCUT2D eigenvalue weighted by molar-refractivity contribution is -0.132. The van der Waals surface area contributed by atoms with Crippen LogP contribution in [0.2, 0.25) is 0 Å². The molecule has 0 heterocycles. The summed E-state index contributed by atoms with van der Waals surface area (Å²) in [6.45, 7) is 2.37. The maximum atomic E-state index is 10.2. The van der Waals surface area contributed by atoms with Gasteiger partial charge in [0.25, 0.3) is 0 Å². The molecule has 0 unspecified atom stereocenters. The van der Waals surface area contributed by atoms with Crippen molar-refractivity contribution in [3.63, 3.8) is 0 Å². The van der Waals surface area contributed by atoms with E-state index < -0.39 is 5.97 Å². The summed E-state index contributed by atoms with van der Waals surface area (Å²) >= 11 is 0. The Hall–Kier alpha value is -1.32. The van der Waals surface area contributed by atoms with Gasteiger partial charge in [-0.25, -0.2) is 4.79 Å². The van der Waals surface area contributed by atoms with Gasteiger partial charge in [-0.15, -0.1) is 0 Å². The number of rotatable bonds is 3. The van der Waals surface area contributed by atoms with Crippen LogP contribution in [0.3, 0.4) is 0 Å². The van der Waals surface area contributed by atoms with Gasteiger partial charge < -0.3 is 10.8 Å². The number of aliphatic carboxylic acids is 1. The minimum atomic E-state index is -1.06. The molecule has 0 aliphatic rings. The Labute approximate surface area is 59.1 Å². The maximum Gasteiger partial charge on any atom is 0.338 e. The molecule has 4 heteroatoms. The summed E-state index contributed by atoms with van der Waals surface area (Å²) in [6.07, 6.45) is 2.25. The van der Waals surface area contributed by atoms with Crippen molar-refractivity contribution >= 4 is 12.2 Å². The van der Waals surface area contributed by atoms with Crippen LogP contribution in [0.5, 0.6) is 0 Å². The standard InChI is InChI=1S/C6H10N2O2/c1-2-8-4-5(3-7)6(9)10/h3-4H,2,7H2,1H3,(H,9,10). The van der Waals surface area contributed by atoms with E-state index in [4.69, 9.17) is 10.8 Å². The third kappa shape index (κ3) is 2.86. The molecule has 0 aromatic heterocycles. The summed E-state index contributed by atoms with van der Waals surface area (Å²) in [7, 11) is 0. The molecule has 56 valence electrons. The van der Waals surface area contributed by atoms with Gasteiger partial charge in [-0.05, 0) is 6.92 Å². The SMILES string of the molecule is CCN=CC(=CN)C(=O)O. The highest BCUT2D eigenvalue weighted by atomic mass is 16.4. The number of nitrogens with two attached hydrogens (primary N) is 1. The smallest absolute Gasteiger partial charge is 0.338 e. The van der Waals surface area contributed by atoms with Crippen molar-refractivity contribution in [3.8, 4) is 0 Å². The Morgan fingerprint density at radius 3 is 2.70 bits per heavy atom. The molecule has 0 fully saturated rings. The number of aliphatic imine (C=N–C) groups is 1. The lowest BCUT2D eigenvalue weighted by atomic mass is 10.3. The predicted molar refractivity (Wildman–Crippen MR) is 38.9 cm³/mol. The fourth-order valence-corrected chi connectivity index (χ4v) is 0.359. The topological polar surface area (TPSA) is 75.7 Å². The van der Waals surface area contributed by atoms with Crippen LogP contribution >= 0.6 is 0 Å². The average Bonchev–Trinajstić information content (AvgIpc) is 1.89. The quantitative estimate of drug-likeness (QED) is 0.430. The van der Waals surface area contributed by atoms with Gasteiger partial charge in [-0.1, -0.05) is 0 Å². The second-order valence-corrected chi connectivity index (χ2v) is 1.56. The third-order valence-corrected chi connectivity index (χ3v) is 0.839. The molecule has 0 aromatic rings. The molecule has 4 nitrogen and oxygen atoms in total. The molecule has 0 radical (unpaired) electrons. The van der Waals surface area contributed by atoms with E-state index in [1.807, 2.05) is 6.92 Å². The first kappa shape index (κ1) is 8.68. The summed E-state index contributed by atoms with van der Waals surface area (Å²) in [5.74, 6) is -1.06. The Morgan fingerprint density at radius 2 is 2.40 bits per heavy atom. The van der Waals surface area contributed by atoms with Crippen molar-refractivity contribution < 1.29 is 9.90 Å². The molecule has 0 amide bonds. The molecule has 0 aliphatic heterocycles. The van der Waals surface area contributed by atoms with Crippen LogP contribution in [0.1, 0.15) is 6.92 Å². The number of hydrogen-bond acceptors (Lipinski definition) is 3. The first-order chi connectivity index (χ1) is 4.72. The minimum absolute atomic E-state index is 0.0156. The van der Waals surface area contributed by atoms with Gasteiger partial charge in [-0.3, -0.25) is 4.99 Å². The molecule has 0 aromatic carbocycles. The molecule has 0 atom stereocenters. The summed E-state index contributed by atoms with van der Waals surface area (Å²) in [5.41, 5.74) is 5.00. The van der Waals surface area contributed by atoms with Crippen molar-refractivity contribution in [3.05, 3.63) is 11.8 Å². The molecule has 0 rings (SSSR count). The molecule has 3 N–H and O–H groups in total. The number of hydrogen-bond donors (Lipinski definition) is 2. The summed E-state index contributed by atoms with van der Waals surface area (Å²) in [6, 6.07) is 0. The van der Waals surface area contributed by atoms with E-state index in [1.165, 1.54) is 6.21 Å². The number of carbonyl (C=O) groups is 1. The Bertz CT molecular complexity index is 173. The van der Waals surface area contributed by atoms with Gasteiger partial charge in [0.1, 0.15) is 0 Å². The summed E-state index contributed by atoms with van der Waals surface area (Å²) < 4.78 is 0. The lowest BCUT2D eigenvalue weighted by Gasteiger charge is -1.88. The molecular weight excluding hydrogens is 132 g/mol. The fourth-order valence-electron chi connectivity index (χ4n) is 0.359. The van der Waals surface area contributed by atoms with E-state index in [1.54, 1.807) is 0 Å². The number of carboxylic acid groups (broad SMARTS) is 1. The molecule has 0 aliphatic carbocycles. The Morgan fingerprint density at radius 1 is 1.80 bits per heavy atom.